The Labute approximate surface area is 181 Å². The number of halogens is 1. The smallest absolute Gasteiger partial charge is 0.259 e. The van der Waals surface area contributed by atoms with E-state index >= 15 is 0 Å². The Morgan fingerprint density at radius 2 is 2.03 bits per heavy atom. The summed E-state index contributed by atoms with van der Waals surface area (Å²) in [6.45, 7) is 5.72. The number of benzene rings is 1. The Bertz CT molecular complexity index is 950. The minimum atomic E-state index is -0.401. The number of ether oxygens (including phenoxy) is 1. The molecule has 31 heavy (non-hydrogen) atoms. The molecule has 0 spiro atoms. The van der Waals surface area contributed by atoms with Crippen LogP contribution in [-0.4, -0.2) is 70.6 Å². The largest absolute Gasteiger partial charge is 0.472 e. The van der Waals surface area contributed by atoms with Crippen LogP contribution in [-0.2, 0) is 4.79 Å². The third-order valence-corrected chi connectivity index (χ3v) is 5.69. The van der Waals surface area contributed by atoms with Gasteiger partial charge in [-0.15, -0.1) is 0 Å². The first-order chi connectivity index (χ1) is 14.7. The van der Waals surface area contributed by atoms with Crippen LogP contribution in [0.1, 0.15) is 31.1 Å². The molecule has 1 N–H and O–H groups in total. The zero-order valence-corrected chi connectivity index (χ0v) is 18.2. The molecule has 0 saturated heterocycles. The fourth-order valence-electron chi connectivity index (χ4n) is 3.52. The predicted molar refractivity (Wildman–Crippen MR) is 114 cm³/mol. The highest BCUT2D eigenvalue weighted by Crippen LogP contribution is 2.30. The lowest BCUT2D eigenvalue weighted by Crippen LogP contribution is -2.50. The zero-order valence-electron chi connectivity index (χ0n) is 18.2. The van der Waals surface area contributed by atoms with E-state index in [4.69, 9.17) is 4.74 Å². The van der Waals surface area contributed by atoms with Gasteiger partial charge in [-0.1, -0.05) is 19.1 Å². The maximum atomic E-state index is 13.4. The predicted octanol–water partition coefficient (Wildman–Crippen LogP) is 2.59. The molecule has 0 bridgehead atoms. The van der Waals surface area contributed by atoms with Gasteiger partial charge in [-0.05, 0) is 30.7 Å². The molecule has 1 aliphatic rings. The number of fused-ring (bicyclic) bond motifs is 1. The van der Waals surface area contributed by atoms with Gasteiger partial charge in [0.1, 0.15) is 17.5 Å². The SMILES string of the molecule is CC(=O)N(C)C[C@@H]1Oc2ncc(-c3ccc(F)cc3)cc2C(=O)N([C@@H](C)CO)C[C@H]1C. The highest BCUT2D eigenvalue weighted by atomic mass is 19.1. The molecule has 0 unspecified atom stereocenters. The van der Waals surface area contributed by atoms with Gasteiger partial charge in [0.25, 0.3) is 5.91 Å². The average Bonchev–Trinajstić information content (AvgIpc) is 2.75. The van der Waals surface area contributed by atoms with Crippen LogP contribution < -0.4 is 4.74 Å². The lowest BCUT2D eigenvalue weighted by atomic mass is 9.99. The molecular weight excluding hydrogens is 401 g/mol. The molecule has 0 fully saturated rings. The number of likely N-dealkylation sites (N-methyl/N-ethyl adjacent to an activating group) is 1. The van der Waals surface area contributed by atoms with E-state index in [1.165, 1.54) is 19.1 Å². The van der Waals surface area contributed by atoms with Crippen LogP contribution >= 0.6 is 0 Å². The standard InChI is InChI=1S/C23H28FN3O4/c1-14-11-27(15(2)13-28)23(30)20-9-18(17-5-7-19(24)8-6-17)10-25-22(20)31-21(14)12-26(4)16(3)29/h5-10,14-15,21,28H,11-13H2,1-4H3/t14-,15+,21+/m1/s1. The summed E-state index contributed by atoms with van der Waals surface area (Å²) in [6.07, 6.45) is 1.19. The van der Waals surface area contributed by atoms with Gasteiger partial charge in [0, 0.05) is 38.2 Å². The van der Waals surface area contributed by atoms with Gasteiger partial charge >= 0.3 is 0 Å². The number of rotatable bonds is 5. The van der Waals surface area contributed by atoms with Gasteiger partial charge in [0.15, 0.2) is 0 Å². The summed E-state index contributed by atoms with van der Waals surface area (Å²) in [5.41, 5.74) is 1.64. The number of aliphatic hydroxyl groups is 1. The van der Waals surface area contributed by atoms with Crippen molar-refractivity contribution in [2.75, 3.05) is 26.7 Å². The van der Waals surface area contributed by atoms with Crippen molar-refractivity contribution in [3.8, 4) is 17.0 Å². The number of carbonyl (C=O) groups is 2. The normalized spacial score (nSPS) is 19.7. The summed E-state index contributed by atoms with van der Waals surface area (Å²) in [7, 11) is 1.70. The molecule has 2 aromatic rings. The Balaban J connectivity index is 2.05. The van der Waals surface area contributed by atoms with Gasteiger partial charge in [0.05, 0.1) is 19.2 Å². The van der Waals surface area contributed by atoms with E-state index in [1.54, 1.807) is 48.2 Å². The number of carbonyl (C=O) groups excluding carboxylic acids is 2. The van der Waals surface area contributed by atoms with E-state index in [-0.39, 0.29) is 41.6 Å². The number of aromatic nitrogens is 1. The van der Waals surface area contributed by atoms with E-state index in [2.05, 4.69) is 4.98 Å². The van der Waals surface area contributed by atoms with Crippen LogP contribution in [0.5, 0.6) is 5.88 Å². The molecule has 1 aromatic heterocycles. The van der Waals surface area contributed by atoms with Crippen LogP contribution in [0.15, 0.2) is 36.5 Å². The highest BCUT2D eigenvalue weighted by Gasteiger charge is 2.34. The Morgan fingerprint density at radius 1 is 1.35 bits per heavy atom. The molecule has 1 aliphatic heterocycles. The second kappa shape index (κ2) is 9.43. The van der Waals surface area contributed by atoms with Crippen molar-refractivity contribution in [1.29, 1.82) is 0 Å². The lowest BCUT2D eigenvalue weighted by Gasteiger charge is -2.37. The summed E-state index contributed by atoms with van der Waals surface area (Å²) in [6, 6.07) is 7.21. The van der Waals surface area contributed by atoms with Crippen LogP contribution in [0.4, 0.5) is 4.39 Å². The number of hydrogen-bond acceptors (Lipinski definition) is 5. The highest BCUT2D eigenvalue weighted by molar-refractivity contribution is 5.98. The molecule has 0 saturated carbocycles. The fraction of sp³-hybridized carbons (Fsp3) is 0.435. The molecule has 0 radical (unpaired) electrons. The molecule has 3 rings (SSSR count). The Morgan fingerprint density at radius 3 is 2.65 bits per heavy atom. The molecule has 2 amide bonds. The first kappa shape index (κ1) is 22.7. The number of pyridine rings is 1. The summed E-state index contributed by atoms with van der Waals surface area (Å²) in [5, 5.41) is 9.71. The zero-order chi connectivity index (χ0) is 22.7. The van der Waals surface area contributed by atoms with Gasteiger partial charge in [-0.25, -0.2) is 9.37 Å². The van der Waals surface area contributed by atoms with E-state index in [1.807, 2.05) is 6.92 Å². The van der Waals surface area contributed by atoms with Crippen molar-refractivity contribution in [3.05, 3.63) is 47.9 Å². The minimum Gasteiger partial charge on any atom is -0.472 e. The van der Waals surface area contributed by atoms with Crippen LogP contribution in [0, 0.1) is 11.7 Å². The van der Waals surface area contributed by atoms with Crippen LogP contribution in [0.3, 0.4) is 0 Å². The Kier molecular flexibility index (Phi) is 6.90. The second-order valence-corrected chi connectivity index (χ2v) is 8.11. The van der Waals surface area contributed by atoms with Gasteiger partial charge in [0.2, 0.25) is 11.8 Å². The average molecular weight is 429 g/mol. The number of nitrogens with zero attached hydrogens (tertiary/aromatic N) is 3. The van der Waals surface area contributed by atoms with Gasteiger partial charge < -0.3 is 19.6 Å². The monoisotopic (exact) mass is 429 g/mol. The van der Waals surface area contributed by atoms with E-state index in [0.29, 0.717) is 18.7 Å². The van der Waals surface area contributed by atoms with E-state index < -0.39 is 12.1 Å². The van der Waals surface area contributed by atoms with Crippen molar-refractivity contribution in [3.63, 3.8) is 0 Å². The van der Waals surface area contributed by atoms with Gasteiger partial charge in [-0.3, -0.25) is 9.59 Å². The number of hydrogen-bond donors (Lipinski definition) is 1. The molecule has 1 aromatic carbocycles. The van der Waals surface area contributed by atoms with Crippen molar-refractivity contribution < 1.29 is 23.8 Å². The number of amides is 2. The number of aliphatic hydroxyl groups excluding tert-OH is 1. The maximum absolute atomic E-state index is 13.4. The van der Waals surface area contributed by atoms with E-state index in [9.17, 15) is 19.1 Å². The van der Waals surface area contributed by atoms with Crippen molar-refractivity contribution in [2.24, 2.45) is 5.92 Å². The third kappa shape index (κ3) is 5.02. The topological polar surface area (TPSA) is 83.0 Å². The van der Waals surface area contributed by atoms with Crippen LogP contribution in [0.2, 0.25) is 0 Å². The summed E-state index contributed by atoms with van der Waals surface area (Å²) >= 11 is 0. The van der Waals surface area contributed by atoms with Gasteiger partial charge in [-0.2, -0.15) is 0 Å². The first-order valence-corrected chi connectivity index (χ1v) is 10.3. The first-order valence-electron chi connectivity index (χ1n) is 10.3. The molecule has 0 aliphatic carbocycles. The summed E-state index contributed by atoms with van der Waals surface area (Å²) in [4.78, 5) is 32.7. The molecule has 2 heterocycles. The summed E-state index contributed by atoms with van der Waals surface area (Å²) in [5.74, 6) is -0.657. The fourth-order valence-corrected chi connectivity index (χ4v) is 3.52. The molecule has 7 nitrogen and oxygen atoms in total. The minimum absolute atomic E-state index is 0.0886. The molecule has 166 valence electrons. The van der Waals surface area contributed by atoms with E-state index in [0.717, 1.165) is 5.56 Å². The molecular formula is C23H28FN3O4. The van der Waals surface area contributed by atoms with Crippen molar-refractivity contribution in [2.45, 2.75) is 32.9 Å². The Hall–Kier alpha value is -3.00. The third-order valence-electron chi connectivity index (χ3n) is 5.69. The summed E-state index contributed by atoms with van der Waals surface area (Å²) < 4.78 is 19.4. The molecule has 3 atom stereocenters. The van der Waals surface area contributed by atoms with Crippen molar-refractivity contribution in [1.82, 2.24) is 14.8 Å². The van der Waals surface area contributed by atoms with Crippen LogP contribution in [0.25, 0.3) is 11.1 Å². The van der Waals surface area contributed by atoms with Crippen molar-refractivity contribution >= 4 is 11.8 Å². The lowest BCUT2D eigenvalue weighted by molar-refractivity contribution is -0.129. The quantitative estimate of drug-likeness (QED) is 0.790. The molecule has 8 heteroatoms. The second-order valence-electron chi connectivity index (χ2n) is 8.11. The maximum Gasteiger partial charge on any atom is 0.259 e.